The number of hydrogen-bond donors (Lipinski definition) is 4. The number of carboxylic acid groups (broad SMARTS) is 1. The standard InChI is InChI=1S/C21H26N6O5/c1-11(2)26(7-12-4-3-5-13(6-12)21(30)31)8-14-16(28)17(29)20(32-14)27-10-25-15-18(22)23-9-24-19(15)27/h3-6,9-11,14,16-17,20,28-29H,7-8H2,1-2H3,(H,30,31)(H2,22,23,24)/t14-,16-,17-,20-/m1/s1. The number of aliphatic hydroxyl groups excluding tert-OH is 2. The molecule has 1 saturated heterocycles. The minimum absolute atomic E-state index is 0.0806. The molecule has 2 aromatic heterocycles. The predicted molar refractivity (Wildman–Crippen MR) is 115 cm³/mol. The Bertz CT molecular complexity index is 1120. The summed E-state index contributed by atoms with van der Waals surface area (Å²) >= 11 is 0. The highest BCUT2D eigenvalue weighted by atomic mass is 16.6. The van der Waals surface area contributed by atoms with Crippen molar-refractivity contribution in [2.24, 2.45) is 0 Å². The van der Waals surface area contributed by atoms with Gasteiger partial charge in [-0.3, -0.25) is 9.47 Å². The molecule has 1 aliphatic heterocycles. The summed E-state index contributed by atoms with van der Waals surface area (Å²) in [4.78, 5) is 25.6. The SMILES string of the molecule is CC(C)N(Cc1cccc(C(=O)O)c1)C[C@H]1O[C@@H](n2cnc3c(N)ncnc32)[C@H](O)[C@@H]1O. The number of rotatable bonds is 7. The second-order valence-electron chi connectivity index (χ2n) is 8.16. The molecule has 11 nitrogen and oxygen atoms in total. The van der Waals surface area contributed by atoms with Crippen molar-refractivity contribution in [3.8, 4) is 0 Å². The van der Waals surface area contributed by atoms with E-state index in [0.717, 1.165) is 5.56 Å². The lowest BCUT2D eigenvalue weighted by atomic mass is 10.1. The van der Waals surface area contributed by atoms with Gasteiger partial charge in [0.15, 0.2) is 17.7 Å². The minimum Gasteiger partial charge on any atom is -0.478 e. The number of nitrogen functional groups attached to an aromatic ring is 1. The van der Waals surface area contributed by atoms with E-state index in [1.165, 1.54) is 17.2 Å². The van der Waals surface area contributed by atoms with Crippen LogP contribution >= 0.6 is 0 Å². The maximum Gasteiger partial charge on any atom is 0.335 e. The van der Waals surface area contributed by atoms with E-state index in [1.54, 1.807) is 18.2 Å². The lowest BCUT2D eigenvalue weighted by Crippen LogP contribution is -2.42. The quantitative estimate of drug-likeness (QED) is 0.409. The fraction of sp³-hybridized carbons (Fsp3) is 0.429. The molecule has 0 aliphatic carbocycles. The van der Waals surface area contributed by atoms with Crippen LogP contribution in [-0.2, 0) is 11.3 Å². The summed E-state index contributed by atoms with van der Waals surface area (Å²) in [6, 6.07) is 6.81. The highest BCUT2D eigenvalue weighted by Gasteiger charge is 2.45. The summed E-state index contributed by atoms with van der Waals surface area (Å²) in [5, 5.41) is 30.6. The van der Waals surface area contributed by atoms with Crippen LogP contribution < -0.4 is 5.73 Å². The first-order valence-electron chi connectivity index (χ1n) is 10.3. The molecule has 1 aromatic carbocycles. The van der Waals surface area contributed by atoms with Crippen LogP contribution in [0, 0.1) is 0 Å². The summed E-state index contributed by atoms with van der Waals surface area (Å²) in [7, 11) is 0. The van der Waals surface area contributed by atoms with E-state index in [1.807, 2.05) is 19.9 Å². The minimum atomic E-state index is -1.20. The van der Waals surface area contributed by atoms with Crippen molar-refractivity contribution in [1.82, 2.24) is 24.4 Å². The van der Waals surface area contributed by atoms with Gasteiger partial charge in [0.05, 0.1) is 11.9 Å². The van der Waals surface area contributed by atoms with Crippen LogP contribution in [0.2, 0.25) is 0 Å². The summed E-state index contributed by atoms with van der Waals surface area (Å²) in [5.74, 6) is -0.770. The van der Waals surface area contributed by atoms with Gasteiger partial charge in [-0.25, -0.2) is 19.7 Å². The zero-order chi connectivity index (χ0) is 23.0. The van der Waals surface area contributed by atoms with Gasteiger partial charge in [-0.1, -0.05) is 12.1 Å². The van der Waals surface area contributed by atoms with Crippen LogP contribution in [0.25, 0.3) is 11.2 Å². The summed E-state index contributed by atoms with van der Waals surface area (Å²) in [5.41, 5.74) is 7.68. The first kappa shape index (κ1) is 22.1. The van der Waals surface area contributed by atoms with Crippen LogP contribution in [0.5, 0.6) is 0 Å². The molecule has 0 radical (unpaired) electrons. The Morgan fingerprint density at radius 3 is 2.75 bits per heavy atom. The van der Waals surface area contributed by atoms with Gasteiger partial charge in [0.25, 0.3) is 0 Å². The zero-order valence-corrected chi connectivity index (χ0v) is 17.7. The second kappa shape index (κ2) is 8.79. The van der Waals surface area contributed by atoms with E-state index in [0.29, 0.717) is 24.3 Å². The predicted octanol–water partition coefficient (Wildman–Crippen LogP) is 0.636. The number of nitrogens with zero attached hydrogens (tertiary/aromatic N) is 5. The van der Waals surface area contributed by atoms with Gasteiger partial charge >= 0.3 is 5.97 Å². The van der Waals surface area contributed by atoms with Gasteiger partial charge in [-0.15, -0.1) is 0 Å². The van der Waals surface area contributed by atoms with Gasteiger partial charge in [0.2, 0.25) is 0 Å². The van der Waals surface area contributed by atoms with Gasteiger partial charge in [0.1, 0.15) is 30.2 Å². The molecule has 3 aromatic rings. The average Bonchev–Trinajstić information content (AvgIpc) is 3.30. The van der Waals surface area contributed by atoms with E-state index in [9.17, 15) is 20.1 Å². The topological polar surface area (TPSA) is 160 Å². The zero-order valence-electron chi connectivity index (χ0n) is 17.7. The lowest BCUT2D eigenvalue weighted by molar-refractivity contribution is -0.0477. The normalized spacial score (nSPS) is 23.4. The number of aliphatic hydroxyl groups is 2. The Morgan fingerprint density at radius 1 is 1.25 bits per heavy atom. The Labute approximate surface area is 184 Å². The molecule has 170 valence electrons. The van der Waals surface area contributed by atoms with Gasteiger partial charge in [-0.05, 0) is 31.5 Å². The summed E-state index contributed by atoms with van der Waals surface area (Å²) in [6.07, 6.45) is -1.15. The number of aromatic nitrogens is 4. The van der Waals surface area contributed by atoms with Crippen molar-refractivity contribution in [2.75, 3.05) is 12.3 Å². The number of aromatic carboxylic acids is 1. The van der Waals surface area contributed by atoms with E-state index < -0.39 is 30.5 Å². The molecule has 32 heavy (non-hydrogen) atoms. The summed E-state index contributed by atoms with van der Waals surface area (Å²) in [6.45, 7) is 4.79. The van der Waals surface area contributed by atoms with Crippen LogP contribution in [0.1, 0.15) is 36.0 Å². The molecule has 3 heterocycles. The Kier molecular flexibility index (Phi) is 6.07. The van der Waals surface area contributed by atoms with Crippen molar-refractivity contribution in [3.05, 3.63) is 48.0 Å². The Balaban J connectivity index is 1.53. The fourth-order valence-electron chi connectivity index (χ4n) is 3.89. The average molecular weight is 442 g/mol. The number of hydrogen-bond acceptors (Lipinski definition) is 9. The van der Waals surface area contributed by atoms with Crippen LogP contribution in [0.15, 0.2) is 36.9 Å². The summed E-state index contributed by atoms with van der Waals surface area (Å²) < 4.78 is 7.58. The number of carboxylic acids is 1. The smallest absolute Gasteiger partial charge is 0.335 e. The Hall–Kier alpha value is -3.12. The molecule has 4 atom stereocenters. The number of ether oxygens (including phenoxy) is 1. The molecule has 0 spiro atoms. The first-order chi connectivity index (χ1) is 15.3. The van der Waals surface area contributed by atoms with Crippen LogP contribution in [-0.4, -0.2) is 76.6 Å². The van der Waals surface area contributed by atoms with E-state index in [2.05, 4.69) is 19.9 Å². The number of nitrogens with two attached hydrogens (primary N) is 1. The monoisotopic (exact) mass is 442 g/mol. The van der Waals surface area contributed by atoms with E-state index in [-0.39, 0.29) is 17.4 Å². The van der Waals surface area contributed by atoms with E-state index >= 15 is 0 Å². The van der Waals surface area contributed by atoms with Crippen LogP contribution in [0.3, 0.4) is 0 Å². The van der Waals surface area contributed by atoms with Crippen molar-refractivity contribution in [1.29, 1.82) is 0 Å². The molecule has 5 N–H and O–H groups in total. The molecular formula is C21H26N6O5. The van der Waals surface area contributed by atoms with Gasteiger partial charge in [-0.2, -0.15) is 0 Å². The molecule has 0 unspecified atom stereocenters. The molecule has 11 heteroatoms. The second-order valence-corrected chi connectivity index (χ2v) is 8.16. The lowest BCUT2D eigenvalue weighted by Gasteiger charge is -2.30. The molecule has 0 saturated carbocycles. The highest BCUT2D eigenvalue weighted by molar-refractivity contribution is 5.87. The van der Waals surface area contributed by atoms with Crippen molar-refractivity contribution >= 4 is 23.0 Å². The molecule has 0 bridgehead atoms. The first-order valence-corrected chi connectivity index (χ1v) is 10.3. The third-order valence-electron chi connectivity index (χ3n) is 5.70. The molecule has 0 amide bonds. The van der Waals surface area contributed by atoms with Crippen LogP contribution in [0.4, 0.5) is 5.82 Å². The third-order valence-corrected chi connectivity index (χ3v) is 5.70. The Morgan fingerprint density at radius 2 is 2.03 bits per heavy atom. The largest absolute Gasteiger partial charge is 0.478 e. The molecule has 1 aliphatic rings. The highest BCUT2D eigenvalue weighted by Crippen LogP contribution is 2.32. The van der Waals surface area contributed by atoms with Crippen molar-refractivity contribution < 1.29 is 24.9 Å². The number of benzene rings is 1. The van der Waals surface area contributed by atoms with Crippen molar-refractivity contribution in [3.63, 3.8) is 0 Å². The maximum absolute atomic E-state index is 11.3. The number of anilines is 1. The van der Waals surface area contributed by atoms with Gasteiger partial charge in [0, 0.05) is 19.1 Å². The van der Waals surface area contributed by atoms with Gasteiger partial charge < -0.3 is 25.8 Å². The third kappa shape index (κ3) is 4.15. The fourth-order valence-corrected chi connectivity index (χ4v) is 3.89. The number of imidazole rings is 1. The maximum atomic E-state index is 11.3. The number of fused-ring (bicyclic) bond motifs is 1. The number of carbonyl (C=O) groups is 1. The van der Waals surface area contributed by atoms with E-state index in [4.69, 9.17) is 10.5 Å². The molecule has 1 fully saturated rings. The molecule has 4 rings (SSSR count). The molecular weight excluding hydrogens is 416 g/mol. The van der Waals surface area contributed by atoms with Crippen molar-refractivity contribution in [2.45, 2.75) is 51.0 Å².